The summed E-state index contributed by atoms with van der Waals surface area (Å²) in [6, 6.07) is 8.05. The van der Waals surface area contributed by atoms with Gasteiger partial charge >= 0.3 is 11.9 Å². The van der Waals surface area contributed by atoms with Crippen LogP contribution in [0.15, 0.2) is 24.3 Å². The molecule has 1 rings (SSSR count). The van der Waals surface area contributed by atoms with Gasteiger partial charge in [-0.1, -0.05) is 12.1 Å². The molecular weight excluding hydrogens is 338 g/mol. The lowest BCUT2D eigenvalue weighted by Gasteiger charge is -2.25. The summed E-state index contributed by atoms with van der Waals surface area (Å²) in [6.07, 6.45) is 1.79. The highest BCUT2D eigenvalue weighted by Gasteiger charge is 2.11. The third-order valence-corrected chi connectivity index (χ3v) is 3.69. The number of rotatable bonds is 13. The molecule has 0 aliphatic heterocycles. The van der Waals surface area contributed by atoms with Gasteiger partial charge < -0.3 is 24.6 Å². The summed E-state index contributed by atoms with van der Waals surface area (Å²) in [4.78, 5) is 25.2. The van der Waals surface area contributed by atoms with Gasteiger partial charge in [0.15, 0.2) is 0 Å². The number of aliphatic hydroxyl groups excluding tert-OH is 2. The summed E-state index contributed by atoms with van der Waals surface area (Å²) in [5.41, 5.74) is 2.18. The minimum absolute atomic E-state index is 0.0242. The molecule has 0 radical (unpaired) electrons. The maximum Gasteiger partial charge on any atom is 0.305 e. The van der Waals surface area contributed by atoms with Gasteiger partial charge in [0.2, 0.25) is 0 Å². The van der Waals surface area contributed by atoms with Crippen LogP contribution in [0.4, 0.5) is 5.69 Å². The van der Waals surface area contributed by atoms with E-state index in [1.807, 2.05) is 25.1 Å². The molecule has 0 heterocycles. The predicted octanol–water partition coefficient (Wildman–Crippen LogP) is 1.43. The lowest BCUT2D eigenvalue weighted by atomic mass is 10.1. The van der Waals surface area contributed by atoms with Crippen LogP contribution < -0.4 is 4.90 Å². The molecule has 7 heteroatoms. The third-order valence-electron chi connectivity index (χ3n) is 3.69. The summed E-state index contributed by atoms with van der Waals surface area (Å²) in [5, 5.41) is 17.3. The lowest BCUT2D eigenvalue weighted by Crippen LogP contribution is -2.27. The first-order valence-electron chi connectivity index (χ1n) is 8.91. The summed E-state index contributed by atoms with van der Waals surface area (Å²) >= 11 is 0. The summed E-state index contributed by atoms with van der Waals surface area (Å²) in [6.45, 7) is 3.03. The van der Waals surface area contributed by atoms with E-state index in [-0.39, 0.29) is 51.2 Å². The Balaban J connectivity index is 2.51. The SMILES string of the molecule is Cc1cccc(N(CCCC(=O)OCCO)CCCC(=O)OCCO)c1. The highest BCUT2D eigenvalue weighted by molar-refractivity contribution is 5.69. The molecule has 0 amide bonds. The van der Waals surface area contributed by atoms with E-state index in [4.69, 9.17) is 19.7 Å². The average Bonchev–Trinajstić information content (AvgIpc) is 2.63. The van der Waals surface area contributed by atoms with Gasteiger partial charge in [0.05, 0.1) is 13.2 Å². The van der Waals surface area contributed by atoms with E-state index in [0.29, 0.717) is 25.9 Å². The van der Waals surface area contributed by atoms with Crippen molar-refractivity contribution in [3.63, 3.8) is 0 Å². The molecule has 0 aliphatic rings. The van der Waals surface area contributed by atoms with Crippen LogP contribution in [0.1, 0.15) is 31.2 Å². The van der Waals surface area contributed by atoms with Crippen LogP contribution in [0.25, 0.3) is 0 Å². The van der Waals surface area contributed by atoms with Crippen LogP contribution >= 0.6 is 0 Å². The maximum absolute atomic E-state index is 11.5. The number of nitrogens with zero attached hydrogens (tertiary/aromatic N) is 1. The summed E-state index contributed by atoms with van der Waals surface area (Å²) < 4.78 is 9.72. The third kappa shape index (κ3) is 9.39. The zero-order valence-electron chi connectivity index (χ0n) is 15.4. The number of anilines is 1. The molecule has 146 valence electrons. The van der Waals surface area contributed by atoms with Crippen LogP contribution in [0, 0.1) is 6.92 Å². The molecule has 1 aromatic carbocycles. The number of carbonyl (C=O) groups excluding carboxylic acids is 2. The Labute approximate surface area is 154 Å². The molecule has 0 aromatic heterocycles. The molecule has 0 fully saturated rings. The largest absolute Gasteiger partial charge is 0.463 e. The minimum Gasteiger partial charge on any atom is -0.463 e. The van der Waals surface area contributed by atoms with Crippen molar-refractivity contribution in [2.75, 3.05) is 44.4 Å². The van der Waals surface area contributed by atoms with Gasteiger partial charge in [-0.3, -0.25) is 9.59 Å². The topological polar surface area (TPSA) is 96.3 Å². The second-order valence-electron chi connectivity index (χ2n) is 5.92. The van der Waals surface area contributed by atoms with Gasteiger partial charge in [-0.2, -0.15) is 0 Å². The molecule has 26 heavy (non-hydrogen) atoms. The number of hydrogen-bond donors (Lipinski definition) is 2. The van der Waals surface area contributed by atoms with Crippen molar-refractivity contribution < 1.29 is 29.3 Å². The first-order valence-corrected chi connectivity index (χ1v) is 8.91. The fourth-order valence-corrected chi connectivity index (χ4v) is 2.49. The Morgan fingerprint density at radius 2 is 1.50 bits per heavy atom. The van der Waals surface area contributed by atoms with E-state index in [2.05, 4.69) is 11.0 Å². The van der Waals surface area contributed by atoms with Gasteiger partial charge in [-0.05, 0) is 37.5 Å². The van der Waals surface area contributed by atoms with Crippen molar-refractivity contribution in [2.45, 2.75) is 32.6 Å². The molecule has 0 bridgehead atoms. The van der Waals surface area contributed by atoms with Gasteiger partial charge in [0, 0.05) is 31.6 Å². The second kappa shape index (κ2) is 13.1. The lowest BCUT2D eigenvalue weighted by molar-refractivity contribution is -0.145. The summed E-state index contributed by atoms with van der Waals surface area (Å²) in [7, 11) is 0. The predicted molar refractivity (Wildman–Crippen MR) is 97.9 cm³/mol. The number of benzene rings is 1. The van der Waals surface area contributed by atoms with Crippen molar-refractivity contribution in [1.29, 1.82) is 0 Å². The van der Waals surface area contributed by atoms with Gasteiger partial charge in [-0.15, -0.1) is 0 Å². The van der Waals surface area contributed by atoms with Gasteiger partial charge in [0.25, 0.3) is 0 Å². The Hall–Kier alpha value is -2.12. The van der Waals surface area contributed by atoms with E-state index in [1.165, 1.54) is 0 Å². The van der Waals surface area contributed by atoms with E-state index in [0.717, 1.165) is 11.3 Å². The van der Waals surface area contributed by atoms with Crippen LogP contribution in [-0.4, -0.2) is 61.7 Å². The quantitative estimate of drug-likeness (QED) is 0.509. The normalized spacial score (nSPS) is 10.4. The van der Waals surface area contributed by atoms with Crippen molar-refractivity contribution in [3.8, 4) is 0 Å². The highest BCUT2D eigenvalue weighted by Crippen LogP contribution is 2.17. The molecule has 0 saturated carbocycles. The first kappa shape index (κ1) is 21.9. The molecule has 2 N–H and O–H groups in total. The van der Waals surface area contributed by atoms with Gasteiger partial charge in [0.1, 0.15) is 13.2 Å². The average molecular weight is 367 g/mol. The van der Waals surface area contributed by atoms with Crippen molar-refractivity contribution >= 4 is 17.6 Å². The zero-order valence-corrected chi connectivity index (χ0v) is 15.4. The number of aryl methyl sites for hydroxylation is 1. The minimum atomic E-state index is -0.323. The summed E-state index contributed by atoms with van der Waals surface area (Å²) in [5.74, 6) is -0.647. The molecular formula is C19H29NO6. The van der Waals surface area contributed by atoms with Crippen molar-refractivity contribution in [1.82, 2.24) is 0 Å². The van der Waals surface area contributed by atoms with Crippen molar-refractivity contribution in [2.24, 2.45) is 0 Å². The molecule has 1 aromatic rings. The molecule has 0 spiro atoms. The Morgan fingerprint density at radius 3 is 1.96 bits per heavy atom. The number of ether oxygens (including phenoxy) is 2. The smallest absolute Gasteiger partial charge is 0.305 e. The Bertz CT molecular complexity index is 523. The first-order chi connectivity index (χ1) is 12.6. The molecule has 0 saturated heterocycles. The number of hydrogen-bond acceptors (Lipinski definition) is 7. The highest BCUT2D eigenvalue weighted by atomic mass is 16.5. The standard InChI is InChI=1S/C19H29NO6/c1-16-5-2-6-17(15-16)20(9-3-7-18(23)25-13-11-21)10-4-8-19(24)26-14-12-22/h2,5-6,15,21-22H,3-4,7-14H2,1H3. The van der Waals surface area contributed by atoms with E-state index < -0.39 is 0 Å². The molecule has 0 unspecified atom stereocenters. The fraction of sp³-hybridized carbons (Fsp3) is 0.579. The molecule has 0 aliphatic carbocycles. The molecule has 7 nitrogen and oxygen atoms in total. The van der Waals surface area contributed by atoms with Crippen LogP contribution in [0.2, 0.25) is 0 Å². The Kier molecular flexibility index (Phi) is 11.1. The number of carbonyl (C=O) groups is 2. The number of aliphatic hydroxyl groups is 2. The Morgan fingerprint density at radius 1 is 0.962 bits per heavy atom. The maximum atomic E-state index is 11.5. The van der Waals surface area contributed by atoms with E-state index in [9.17, 15) is 9.59 Å². The van der Waals surface area contributed by atoms with Crippen LogP contribution in [0.5, 0.6) is 0 Å². The molecule has 0 atom stereocenters. The fourth-order valence-electron chi connectivity index (χ4n) is 2.49. The van der Waals surface area contributed by atoms with E-state index >= 15 is 0 Å². The number of esters is 2. The second-order valence-corrected chi connectivity index (χ2v) is 5.92. The van der Waals surface area contributed by atoms with E-state index in [1.54, 1.807) is 0 Å². The zero-order chi connectivity index (χ0) is 19.2. The van der Waals surface area contributed by atoms with Crippen molar-refractivity contribution in [3.05, 3.63) is 29.8 Å². The van der Waals surface area contributed by atoms with Crippen LogP contribution in [0.3, 0.4) is 0 Å². The van der Waals surface area contributed by atoms with Gasteiger partial charge in [-0.25, -0.2) is 0 Å². The van der Waals surface area contributed by atoms with Crippen LogP contribution in [-0.2, 0) is 19.1 Å². The monoisotopic (exact) mass is 367 g/mol.